The van der Waals surface area contributed by atoms with Gasteiger partial charge < -0.3 is 0 Å². The minimum Gasteiger partial charge on any atom is -0.265 e. The summed E-state index contributed by atoms with van der Waals surface area (Å²) in [6.07, 6.45) is 5.02. The number of hydrogen-bond acceptors (Lipinski definition) is 5. The first kappa shape index (κ1) is 12.9. The molecule has 6 nitrogen and oxygen atoms in total. The zero-order valence-electron chi connectivity index (χ0n) is 10.9. The Kier molecular flexibility index (Phi) is 3.34. The molecule has 0 fully saturated rings. The highest BCUT2D eigenvalue weighted by atomic mass is 16.6. The van der Waals surface area contributed by atoms with Gasteiger partial charge in [0, 0.05) is 41.9 Å². The fraction of sp³-hybridized carbons (Fsp3) is 0. The van der Waals surface area contributed by atoms with Crippen LogP contribution in [0.25, 0.3) is 22.6 Å². The summed E-state index contributed by atoms with van der Waals surface area (Å²) in [4.78, 5) is 22.9. The van der Waals surface area contributed by atoms with Gasteiger partial charge in [0.2, 0.25) is 0 Å². The predicted molar refractivity (Wildman–Crippen MR) is 77.4 cm³/mol. The summed E-state index contributed by atoms with van der Waals surface area (Å²) in [5.74, 6) is 0.591. The molecule has 3 rings (SSSR count). The topological polar surface area (TPSA) is 81.8 Å². The van der Waals surface area contributed by atoms with E-state index in [2.05, 4.69) is 15.0 Å². The van der Waals surface area contributed by atoms with Crippen LogP contribution in [0.15, 0.2) is 61.1 Å². The molecule has 0 saturated heterocycles. The number of aromatic nitrogens is 3. The van der Waals surface area contributed by atoms with E-state index in [0.717, 1.165) is 11.1 Å². The third-order valence-corrected chi connectivity index (χ3v) is 2.97. The summed E-state index contributed by atoms with van der Waals surface area (Å²) in [5, 5.41) is 10.7. The molecule has 2 heterocycles. The molecule has 6 heteroatoms. The number of nitro benzene ring substituents is 1. The lowest BCUT2D eigenvalue weighted by atomic mass is 10.1. The van der Waals surface area contributed by atoms with Crippen LogP contribution >= 0.6 is 0 Å². The summed E-state index contributed by atoms with van der Waals surface area (Å²) in [5.41, 5.74) is 2.45. The van der Waals surface area contributed by atoms with E-state index in [1.54, 1.807) is 36.8 Å². The minimum atomic E-state index is -0.424. The van der Waals surface area contributed by atoms with Gasteiger partial charge in [-0.2, -0.15) is 0 Å². The van der Waals surface area contributed by atoms with E-state index in [1.165, 1.54) is 12.1 Å². The van der Waals surface area contributed by atoms with Crippen molar-refractivity contribution in [2.24, 2.45) is 0 Å². The number of rotatable bonds is 3. The standard InChI is InChI=1S/C15H10N4O2/c20-19(21)13-3-1-11(2-4-13)14-7-10-17-15(18-14)12-5-8-16-9-6-12/h1-10H. The Morgan fingerprint density at radius 1 is 0.857 bits per heavy atom. The SMILES string of the molecule is O=[N+]([O-])c1ccc(-c2ccnc(-c3ccncc3)n2)cc1. The Balaban J connectivity index is 1.98. The van der Waals surface area contributed by atoms with E-state index in [0.29, 0.717) is 11.5 Å². The maximum atomic E-state index is 10.7. The second-order valence-electron chi connectivity index (χ2n) is 4.31. The van der Waals surface area contributed by atoms with Crippen molar-refractivity contribution in [3.05, 3.63) is 71.2 Å². The molecule has 0 aliphatic heterocycles. The molecule has 0 atom stereocenters. The number of non-ortho nitro benzene ring substituents is 1. The lowest BCUT2D eigenvalue weighted by Gasteiger charge is -2.03. The van der Waals surface area contributed by atoms with E-state index in [9.17, 15) is 10.1 Å². The third kappa shape index (κ3) is 2.74. The summed E-state index contributed by atoms with van der Waals surface area (Å²) in [7, 11) is 0. The molecular weight excluding hydrogens is 268 g/mol. The van der Waals surface area contributed by atoms with Crippen LogP contribution in [0.2, 0.25) is 0 Å². The van der Waals surface area contributed by atoms with Gasteiger partial charge in [-0.15, -0.1) is 0 Å². The highest BCUT2D eigenvalue weighted by Gasteiger charge is 2.07. The first-order valence-electron chi connectivity index (χ1n) is 6.22. The number of pyridine rings is 1. The van der Waals surface area contributed by atoms with Crippen molar-refractivity contribution < 1.29 is 4.92 Å². The Bertz CT molecular complexity index is 773. The Hall–Kier alpha value is -3.15. The summed E-state index contributed by atoms with van der Waals surface area (Å²) < 4.78 is 0. The van der Waals surface area contributed by atoms with Crippen LogP contribution < -0.4 is 0 Å². The Morgan fingerprint density at radius 2 is 1.57 bits per heavy atom. The fourth-order valence-electron chi connectivity index (χ4n) is 1.91. The molecule has 0 spiro atoms. The molecule has 102 valence electrons. The van der Waals surface area contributed by atoms with E-state index >= 15 is 0 Å². The molecule has 0 aliphatic rings. The molecule has 0 N–H and O–H groups in total. The summed E-state index contributed by atoms with van der Waals surface area (Å²) in [6.45, 7) is 0. The number of hydrogen-bond donors (Lipinski definition) is 0. The number of nitrogens with zero attached hydrogens (tertiary/aromatic N) is 4. The van der Waals surface area contributed by atoms with E-state index < -0.39 is 4.92 Å². The van der Waals surface area contributed by atoms with Crippen LogP contribution in [-0.4, -0.2) is 19.9 Å². The van der Waals surface area contributed by atoms with Gasteiger partial charge in [-0.1, -0.05) is 0 Å². The highest BCUT2D eigenvalue weighted by molar-refractivity contribution is 5.64. The van der Waals surface area contributed by atoms with Crippen LogP contribution in [0, 0.1) is 10.1 Å². The zero-order valence-corrected chi connectivity index (χ0v) is 10.9. The van der Waals surface area contributed by atoms with Gasteiger partial charge in [0.25, 0.3) is 5.69 Å². The first-order chi connectivity index (χ1) is 10.2. The van der Waals surface area contributed by atoms with Gasteiger partial charge in [0.1, 0.15) is 0 Å². The molecule has 0 bridgehead atoms. The van der Waals surface area contributed by atoms with Gasteiger partial charge in [0.05, 0.1) is 10.6 Å². The largest absolute Gasteiger partial charge is 0.269 e. The van der Waals surface area contributed by atoms with Gasteiger partial charge >= 0.3 is 0 Å². The number of nitro groups is 1. The quantitative estimate of drug-likeness (QED) is 0.543. The lowest BCUT2D eigenvalue weighted by molar-refractivity contribution is -0.384. The van der Waals surface area contributed by atoms with Crippen LogP contribution in [-0.2, 0) is 0 Å². The van der Waals surface area contributed by atoms with Crippen molar-refractivity contribution in [1.82, 2.24) is 15.0 Å². The van der Waals surface area contributed by atoms with Crippen LogP contribution in [0.3, 0.4) is 0 Å². The monoisotopic (exact) mass is 278 g/mol. The van der Waals surface area contributed by atoms with Crippen molar-refractivity contribution in [2.75, 3.05) is 0 Å². The van der Waals surface area contributed by atoms with Gasteiger partial charge in [-0.25, -0.2) is 9.97 Å². The Labute approximate surface area is 120 Å². The predicted octanol–water partition coefficient (Wildman–Crippen LogP) is 3.11. The fourth-order valence-corrected chi connectivity index (χ4v) is 1.91. The normalized spacial score (nSPS) is 10.3. The van der Waals surface area contributed by atoms with E-state index in [-0.39, 0.29) is 5.69 Å². The van der Waals surface area contributed by atoms with Crippen molar-refractivity contribution in [3.8, 4) is 22.6 Å². The van der Waals surface area contributed by atoms with Crippen LogP contribution in [0.1, 0.15) is 0 Å². The molecule has 3 aromatic rings. The molecule has 1 aromatic carbocycles. The molecule has 2 aromatic heterocycles. The highest BCUT2D eigenvalue weighted by Crippen LogP contribution is 2.22. The van der Waals surface area contributed by atoms with Crippen molar-refractivity contribution in [2.45, 2.75) is 0 Å². The molecule has 0 amide bonds. The minimum absolute atomic E-state index is 0.0576. The molecule has 0 radical (unpaired) electrons. The molecular formula is C15H10N4O2. The lowest BCUT2D eigenvalue weighted by Crippen LogP contribution is -1.92. The third-order valence-electron chi connectivity index (χ3n) is 2.97. The van der Waals surface area contributed by atoms with Crippen molar-refractivity contribution in [1.29, 1.82) is 0 Å². The molecule has 0 aliphatic carbocycles. The van der Waals surface area contributed by atoms with E-state index in [4.69, 9.17) is 0 Å². The first-order valence-corrected chi connectivity index (χ1v) is 6.22. The second kappa shape index (κ2) is 5.46. The maximum Gasteiger partial charge on any atom is 0.269 e. The van der Waals surface area contributed by atoms with Crippen LogP contribution in [0.5, 0.6) is 0 Å². The second-order valence-corrected chi connectivity index (χ2v) is 4.31. The van der Waals surface area contributed by atoms with Crippen LogP contribution in [0.4, 0.5) is 5.69 Å². The van der Waals surface area contributed by atoms with Gasteiger partial charge in [0.15, 0.2) is 5.82 Å². The number of benzene rings is 1. The molecule has 21 heavy (non-hydrogen) atoms. The van der Waals surface area contributed by atoms with Crippen molar-refractivity contribution in [3.63, 3.8) is 0 Å². The summed E-state index contributed by atoms with van der Waals surface area (Å²) in [6, 6.07) is 11.7. The smallest absolute Gasteiger partial charge is 0.265 e. The Morgan fingerprint density at radius 3 is 2.24 bits per heavy atom. The zero-order chi connectivity index (χ0) is 14.7. The molecule has 0 unspecified atom stereocenters. The summed E-state index contributed by atoms with van der Waals surface area (Å²) >= 11 is 0. The average molecular weight is 278 g/mol. The molecule has 0 saturated carbocycles. The van der Waals surface area contributed by atoms with Gasteiger partial charge in [-0.05, 0) is 30.3 Å². The maximum absolute atomic E-state index is 10.7. The van der Waals surface area contributed by atoms with E-state index in [1.807, 2.05) is 12.1 Å². The average Bonchev–Trinajstić information content (AvgIpc) is 2.56. The van der Waals surface area contributed by atoms with Crippen molar-refractivity contribution >= 4 is 5.69 Å². The van der Waals surface area contributed by atoms with Gasteiger partial charge in [-0.3, -0.25) is 15.1 Å².